The maximum Gasteiger partial charge on any atom is 0.227 e. The van der Waals surface area contributed by atoms with Crippen molar-refractivity contribution in [2.75, 3.05) is 18.1 Å². The van der Waals surface area contributed by atoms with Crippen LogP contribution in [0.1, 0.15) is 31.2 Å². The predicted molar refractivity (Wildman–Crippen MR) is 83.6 cm³/mol. The van der Waals surface area contributed by atoms with E-state index in [2.05, 4.69) is 24.4 Å². The molecule has 1 aromatic carbocycles. The van der Waals surface area contributed by atoms with Crippen LogP contribution < -0.4 is 11.1 Å². The molecule has 4 nitrogen and oxygen atoms in total. The summed E-state index contributed by atoms with van der Waals surface area (Å²) in [6.07, 6.45) is 1.41. The minimum Gasteiger partial charge on any atom is -0.369 e. The minimum absolute atomic E-state index is 0.0244. The summed E-state index contributed by atoms with van der Waals surface area (Å²) < 4.78 is 0. The molecule has 0 aliphatic carbocycles. The summed E-state index contributed by atoms with van der Waals surface area (Å²) in [6.45, 7) is 2.77. The normalized spacial score (nSPS) is 11.8. The molecule has 2 amide bonds. The first kappa shape index (κ1) is 16.6. The Morgan fingerprint density at radius 1 is 1.30 bits per heavy atom. The number of primary amides is 1. The number of nitrogens with two attached hydrogens (primary N) is 1. The van der Waals surface area contributed by atoms with Gasteiger partial charge < -0.3 is 11.1 Å². The van der Waals surface area contributed by atoms with E-state index in [1.54, 1.807) is 0 Å². The number of hydrogen-bond donors (Lipinski definition) is 2. The average molecular weight is 294 g/mol. The third kappa shape index (κ3) is 6.61. The summed E-state index contributed by atoms with van der Waals surface area (Å²) in [5.74, 6) is 0.923. The zero-order valence-corrected chi connectivity index (χ0v) is 12.6. The molecule has 5 heteroatoms. The van der Waals surface area contributed by atoms with Crippen LogP contribution in [-0.2, 0) is 9.59 Å². The van der Waals surface area contributed by atoms with Crippen LogP contribution in [0.4, 0.5) is 0 Å². The zero-order chi connectivity index (χ0) is 14.8. The lowest BCUT2D eigenvalue weighted by Crippen LogP contribution is -2.28. The summed E-state index contributed by atoms with van der Waals surface area (Å²) in [4.78, 5) is 22.3. The fraction of sp³-hybridized carbons (Fsp3) is 0.467. The third-order valence-corrected chi connectivity index (χ3v) is 4.01. The second-order valence-electron chi connectivity index (χ2n) is 4.59. The van der Waals surface area contributed by atoms with Crippen molar-refractivity contribution in [1.82, 2.24) is 5.32 Å². The zero-order valence-electron chi connectivity index (χ0n) is 11.8. The van der Waals surface area contributed by atoms with Crippen LogP contribution in [0.25, 0.3) is 0 Å². The Morgan fingerprint density at radius 3 is 2.60 bits per heavy atom. The number of nitrogens with one attached hydrogen (secondary N) is 1. The van der Waals surface area contributed by atoms with Crippen LogP contribution in [0, 0.1) is 0 Å². The molecule has 0 unspecified atom stereocenters. The topological polar surface area (TPSA) is 72.2 Å². The lowest BCUT2D eigenvalue weighted by Gasteiger charge is -2.16. The van der Waals surface area contributed by atoms with E-state index in [1.807, 2.05) is 18.2 Å². The van der Waals surface area contributed by atoms with Crippen molar-refractivity contribution in [2.24, 2.45) is 5.73 Å². The minimum atomic E-state index is -0.342. The highest BCUT2D eigenvalue weighted by Gasteiger charge is 2.10. The van der Waals surface area contributed by atoms with Crippen molar-refractivity contribution in [3.63, 3.8) is 0 Å². The van der Waals surface area contributed by atoms with E-state index >= 15 is 0 Å². The summed E-state index contributed by atoms with van der Waals surface area (Å²) >= 11 is 1.39. The molecule has 1 aromatic rings. The molecule has 0 aliphatic rings. The Hall–Kier alpha value is -1.49. The average Bonchev–Trinajstić information content (AvgIpc) is 2.45. The molecule has 0 heterocycles. The van der Waals surface area contributed by atoms with E-state index in [9.17, 15) is 9.59 Å². The summed E-state index contributed by atoms with van der Waals surface area (Å²) in [5.41, 5.74) is 6.28. The Bertz CT molecular complexity index is 423. The molecule has 0 fully saturated rings. The number of amides is 2. The van der Waals surface area contributed by atoms with Gasteiger partial charge in [-0.2, -0.15) is 11.8 Å². The van der Waals surface area contributed by atoms with Crippen molar-refractivity contribution >= 4 is 23.6 Å². The standard InChI is InChI=1S/C15H22N2O2S/c1-2-12(13-6-4-3-5-7-13)10-17-15(19)8-9-20-11-14(16)18/h3-7,12H,2,8-11H2,1H3,(H2,16,18)(H,17,19)/t12-/m0/s1. The number of hydrogen-bond acceptors (Lipinski definition) is 3. The van der Waals surface area contributed by atoms with Gasteiger partial charge in [0.1, 0.15) is 0 Å². The molecule has 0 bridgehead atoms. The second kappa shape index (κ2) is 9.42. The van der Waals surface area contributed by atoms with Crippen molar-refractivity contribution in [1.29, 1.82) is 0 Å². The molecule has 110 valence electrons. The van der Waals surface area contributed by atoms with Crippen LogP contribution in [0.5, 0.6) is 0 Å². The molecular weight excluding hydrogens is 272 g/mol. The van der Waals surface area contributed by atoms with Gasteiger partial charge >= 0.3 is 0 Å². The van der Waals surface area contributed by atoms with E-state index in [-0.39, 0.29) is 17.6 Å². The monoisotopic (exact) mass is 294 g/mol. The molecule has 3 N–H and O–H groups in total. The Morgan fingerprint density at radius 2 is 2.00 bits per heavy atom. The van der Waals surface area contributed by atoms with Crippen molar-refractivity contribution in [3.05, 3.63) is 35.9 Å². The van der Waals surface area contributed by atoms with Crippen LogP contribution in [0.15, 0.2) is 30.3 Å². The van der Waals surface area contributed by atoms with Crippen LogP contribution >= 0.6 is 11.8 Å². The summed E-state index contributed by atoms with van der Waals surface area (Å²) in [7, 11) is 0. The lowest BCUT2D eigenvalue weighted by atomic mass is 9.96. The first-order valence-electron chi connectivity index (χ1n) is 6.81. The SMILES string of the molecule is CC[C@@H](CNC(=O)CCSCC(N)=O)c1ccccc1. The van der Waals surface area contributed by atoms with Crippen LogP contribution in [-0.4, -0.2) is 29.9 Å². The molecular formula is C15H22N2O2S. The molecule has 1 rings (SSSR count). The van der Waals surface area contributed by atoms with Gasteiger partial charge in [-0.1, -0.05) is 37.3 Å². The molecule has 1 atom stereocenters. The fourth-order valence-corrected chi connectivity index (χ4v) is 2.56. The second-order valence-corrected chi connectivity index (χ2v) is 5.69. The van der Waals surface area contributed by atoms with E-state index < -0.39 is 0 Å². The first-order valence-corrected chi connectivity index (χ1v) is 7.96. The fourth-order valence-electron chi connectivity index (χ4n) is 1.89. The van der Waals surface area contributed by atoms with Gasteiger partial charge in [-0.25, -0.2) is 0 Å². The number of thioether (sulfide) groups is 1. The van der Waals surface area contributed by atoms with E-state index in [4.69, 9.17) is 5.73 Å². The van der Waals surface area contributed by atoms with Gasteiger partial charge in [-0.15, -0.1) is 0 Å². The highest BCUT2D eigenvalue weighted by atomic mass is 32.2. The predicted octanol–water partition coefficient (Wildman–Crippen LogP) is 1.90. The summed E-state index contributed by atoms with van der Waals surface area (Å²) in [5, 5.41) is 2.95. The van der Waals surface area contributed by atoms with Gasteiger partial charge in [0.2, 0.25) is 11.8 Å². The number of carbonyl (C=O) groups excluding carboxylic acids is 2. The van der Waals surface area contributed by atoms with Gasteiger partial charge in [-0.3, -0.25) is 9.59 Å². The Balaban J connectivity index is 2.27. The van der Waals surface area contributed by atoms with Gasteiger partial charge in [-0.05, 0) is 12.0 Å². The Labute approximate surface area is 124 Å². The van der Waals surface area contributed by atoms with Crippen molar-refractivity contribution in [3.8, 4) is 0 Å². The molecule has 0 radical (unpaired) electrons. The van der Waals surface area contributed by atoms with E-state index in [1.165, 1.54) is 17.3 Å². The van der Waals surface area contributed by atoms with Gasteiger partial charge in [0, 0.05) is 24.6 Å². The molecule has 0 aromatic heterocycles. The van der Waals surface area contributed by atoms with Crippen molar-refractivity contribution < 1.29 is 9.59 Å². The lowest BCUT2D eigenvalue weighted by molar-refractivity contribution is -0.120. The van der Waals surface area contributed by atoms with Gasteiger partial charge in [0.25, 0.3) is 0 Å². The molecule has 20 heavy (non-hydrogen) atoms. The molecule has 0 saturated heterocycles. The van der Waals surface area contributed by atoms with Crippen LogP contribution in [0.3, 0.4) is 0 Å². The third-order valence-electron chi connectivity index (χ3n) is 3.03. The number of rotatable bonds is 9. The first-order chi connectivity index (χ1) is 9.63. The highest BCUT2D eigenvalue weighted by molar-refractivity contribution is 7.99. The smallest absolute Gasteiger partial charge is 0.227 e. The molecule has 0 aliphatic heterocycles. The maximum atomic E-state index is 11.7. The Kier molecular flexibility index (Phi) is 7.80. The van der Waals surface area contributed by atoms with Crippen molar-refractivity contribution in [2.45, 2.75) is 25.7 Å². The number of benzene rings is 1. The highest BCUT2D eigenvalue weighted by Crippen LogP contribution is 2.17. The summed E-state index contributed by atoms with van der Waals surface area (Å²) in [6, 6.07) is 10.2. The van der Waals surface area contributed by atoms with Gasteiger partial charge in [0.05, 0.1) is 5.75 Å². The molecule has 0 spiro atoms. The number of carbonyl (C=O) groups is 2. The van der Waals surface area contributed by atoms with E-state index in [0.717, 1.165) is 6.42 Å². The maximum absolute atomic E-state index is 11.7. The van der Waals surface area contributed by atoms with Crippen LogP contribution in [0.2, 0.25) is 0 Å². The van der Waals surface area contributed by atoms with E-state index in [0.29, 0.717) is 24.6 Å². The van der Waals surface area contributed by atoms with Gasteiger partial charge in [0.15, 0.2) is 0 Å². The largest absolute Gasteiger partial charge is 0.369 e. The molecule has 0 saturated carbocycles. The quantitative estimate of drug-likeness (QED) is 0.683.